The van der Waals surface area contributed by atoms with Gasteiger partial charge in [0.1, 0.15) is 24.2 Å². The zero-order chi connectivity index (χ0) is 42.3. The Morgan fingerprint density at radius 2 is 1.76 bits per heavy atom. The molecular formula is C41H61N7O10. The van der Waals surface area contributed by atoms with Gasteiger partial charge in [-0.15, -0.1) is 0 Å². The van der Waals surface area contributed by atoms with Gasteiger partial charge in [0.25, 0.3) is 0 Å². The molecule has 0 saturated carbocycles. The van der Waals surface area contributed by atoms with Gasteiger partial charge in [-0.25, -0.2) is 4.79 Å². The lowest BCUT2D eigenvalue weighted by atomic mass is 9.73. The van der Waals surface area contributed by atoms with Crippen LogP contribution in [-0.4, -0.2) is 141 Å². The van der Waals surface area contributed by atoms with E-state index in [2.05, 4.69) is 15.1 Å². The number of esters is 1. The van der Waals surface area contributed by atoms with Gasteiger partial charge in [0.15, 0.2) is 17.7 Å². The van der Waals surface area contributed by atoms with E-state index in [4.69, 9.17) is 33.3 Å². The number of pyridine rings is 1. The Bertz CT molecular complexity index is 1810. The van der Waals surface area contributed by atoms with Crippen LogP contribution >= 0.6 is 0 Å². The highest BCUT2D eigenvalue weighted by atomic mass is 16.7. The number of aliphatic hydroxyl groups is 1. The number of ether oxygens (including phenoxy) is 5. The van der Waals surface area contributed by atoms with Crippen LogP contribution in [0.1, 0.15) is 87.0 Å². The Morgan fingerprint density at radius 3 is 2.41 bits per heavy atom. The molecule has 1 amide bonds. The number of rotatable bonds is 10. The SMILES string of the molecule is CC[C@H]1OC(=O)[C@H](C)C(=O)[C@H](C)[C@@H](O[C@H]2O[C@@H](C)C[C@@H](N(C)C)[C@@H]2O)C(C)(OC)C[C@@H](C)C2=NN(CCCc3nc(-c4ccncc4)no3)N3C(=O)O[C@@]1(C)[C@H]3[C@H]2C. The van der Waals surface area contributed by atoms with E-state index in [1.807, 2.05) is 53.6 Å². The van der Waals surface area contributed by atoms with Crippen LogP contribution in [0.5, 0.6) is 0 Å². The fourth-order valence-electron chi connectivity index (χ4n) is 9.47. The summed E-state index contributed by atoms with van der Waals surface area (Å²) in [6.07, 6.45) is 0.648. The van der Waals surface area contributed by atoms with E-state index >= 15 is 0 Å². The normalized spacial score (nSPS) is 37.4. The number of likely N-dealkylation sites (N-methyl/N-ethyl adjacent to an activating group) is 1. The first-order chi connectivity index (χ1) is 27.4. The molecule has 58 heavy (non-hydrogen) atoms. The van der Waals surface area contributed by atoms with E-state index in [0.717, 1.165) is 11.3 Å². The quantitative estimate of drug-likeness (QED) is 0.264. The van der Waals surface area contributed by atoms with Crippen LogP contribution in [0.25, 0.3) is 11.4 Å². The molecule has 6 rings (SSSR count). The van der Waals surface area contributed by atoms with Gasteiger partial charge in [0.05, 0.1) is 24.4 Å². The number of aromatic nitrogens is 3. The molecule has 4 aliphatic rings. The summed E-state index contributed by atoms with van der Waals surface area (Å²) in [5.74, 6) is -3.01. The van der Waals surface area contributed by atoms with Crippen LogP contribution in [0.15, 0.2) is 34.2 Å². The minimum absolute atomic E-state index is 0.238. The Balaban J connectivity index is 1.37. The first-order valence-corrected chi connectivity index (χ1v) is 20.5. The van der Waals surface area contributed by atoms with Gasteiger partial charge in [-0.05, 0) is 85.5 Å². The van der Waals surface area contributed by atoms with Crippen molar-refractivity contribution in [2.24, 2.45) is 28.8 Å². The number of fused-ring (bicyclic) bond motifs is 1. The van der Waals surface area contributed by atoms with Crippen molar-refractivity contribution in [1.29, 1.82) is 0 Å². The average Bonchev–Trinajstić information content (AvgIpc) is 3.78. The number of carbonyl (C=O) groups excluding carboxylic acids is 3. The summed E-state index contributed by atoms with van der Waals surface area (Å²) < 4.78 is 37.2. The number of hydrazine groups is 1. The van der Waals surface area contributed by atoms with Crippen molar-refractivity contribution in [3.05, 3.63) is 30.4 Å². The number of nitrogens with zero attached hydrogens (tertiary/aromatic N) is 7. The van der Waals surface area contributed by atoms with E-state index in [0.29, 0.717) is 50.4 Å². The Morgan fingerprint density at radius 1 is 1.05 bits per heavy atom. The lowest BCUT2D eigenvalue weighted by molar-refractivity contribution is -0.295. The van der Waals surface area contributed by atoms with Crippen molar-refractivity contribution in [3.63, 3.8) is 0 Å². The minimum atomic E-state index is -1.30. The number of amides is 1. The van der Waals surface area contributed by atoms with E-state index in [9.17, 15) is 19.5 Å². The van der Waals surface area contributed by atoms with E-state index in [-0.39, 0.29) is 24.0 Å². The summed E-state index contributed by atoms with van der Waals surface area (Å²) in [6.45, 7) is 15.0. The van der Waals surface area contributed by atoms with Crippen LogP contribution in [0.4, 0.5) is 4.79 Å². The molecule has 3 saturated heterocycles. The largest absolute Gasteiger partial charge is 0.457 e. The molecule has 17 heteroatoms. The topological polar surface area (TPSA) is 191 Å². The predicted octanol–water partition coefficient (Wildman–Crippen LogP) is 4.29. The maximum absolute atomic E-state index is 14.3. The number of aliphatic hydroxyl groups excluding tert-OH is 1. The fraction of sp³-hybridized carbons (Fsp3) is 0.732. The third-order valence-corrected chi connectivity index (χ3v) is 12.7. The molecule has 0 aliphatic carbocycles. The van der Waals surface area contributed by atoms with Gasteiger partial charge in [0, 0.05) is 55.1 Å². The van der Waals surface area contributed by atoms with E-state index in [1.54, 1.807) is 50.6 Å². The summed E-state index contributed by atoms with van der Waals surface area (Å²) in [5, 5.41) is 24.0. The van der Waals surface area contributed by atoms with E-state index in [1.165, 1.54) is 11.9 Å². The van der Waals surface area contributed by atoms with Crippen molar-refractivity contribution in [2.45, 2.75) is 141 Å². The first kappa shape index (κ1) is 43.5. The standard InChI is InChI=1S/C41H61N7O10/c1-12-29-41(8)34-24(4)31(44-47(48(34)39(52)57-41)19-13-14-30-43-36(45-58-30)27-15-17-42-18-16-27)22(2)21-40(7,53-11)35(25(5)32(49)26(6)37(51)55-29)56-38-33(50)28(46(9)10)20-23(3)54-38/h15-18,22-26,28-29,33-35,38,50H,12-14,19-21H2,1-11H3/t22-,23+,24+,25+,26-,28-,29-,33+,34-,35-,38-,40?,41-/m1/s1. The molecular weight excluding hydrogens is 750 g/mol. The Labute approximate surface area is 340 Å². The Kier molecular flexibility index (Phi) is 13.0. The smallest absolute Gasteiger partial charge is 0.431 e. The Hall–Kier alpha value is -4.03. The number of hydrazone groups is 1. The van der Waals surface area contributed by atoms with Crippen molar-refractivity contribution >= 4 is 23.6 Å². The molecule has 0 aromatic carbocycles. The van der Waals surface area contributed by atoms with Gasteiger partial charge in [-0.2, -0.15) is 20.2 Å². The number of aryl methyl sites for hydroxylation is 1. The number of hydrogen-bond donors (Lipinski definition) is 1. The molecule has 0 radical (unpaired) electrons. The third-order valence-electron chi connectivity index (χ3n) is 12.7. The monoisotopic (exact) mass is 811 g/mol. The lowest BCUT2D eigenvalue weighted by Gasteiger charge is -2.49. The minimum Gasteiger partial charge on any atom is -0.457 e. The second-order valence-electron chi connectivity index (χ2n) is 17.1. The highest BCUT2D eigenvalue weighted by Crippen LogP contribution is 2.46. The second kappa shape index (κ2) is 17.3. The molecule has 4 aliphatic heterocycles. The number of cyclic esters (lactones) is 1. The van der Waals surface area contributed by atoms with Crippen LogP contribution in [0, 0.1) is 23.7 Å². The summed E-state index contributed by atoms with van der Waals surface area (Å²) in [7, 11) is 5.35. The molecule has 3 fully saturated rings. The third kappa shape index (κ3) is 8.24. The number of hydrogen-bond acceptors (Lipinski definition) is 16. The predicted molar refractivity (Wildman–Crippen MR) is 210 cm³/mol. The fourth-order valence-corrected chi connectivity index (χ4v) is 9.47. The number of methoxy groups -OCH3 is 1. The van der Waals surface area contributed by atoms with E-state index < -0.39 is 71.5 Å². The molecule has 0 spiro atoms. The maximum atomic E-state index is 14.3. The summed E-state index contributed by atoms with van der Waals surface area (Å²) in [5.41, 5.74) is -0.906. The van der Waals surface area contributed by atoms with Crippen molar-refractivity contribution in [2.75, 3.05) is 27.7 Å². The van der Waals surface area contributed by atoms with Crippen LogP contribution in [0.2, 0.25) is 0 Å². The molecule has 2 aromatic rings. The van der Waals surface area contributed by atoms with Crippen LogP contribution in [0.3, 0.4) is 0 Å². The van der Waals surface area contributed by atoms with Crippen molar-refractivity contribution < 1.29 is 47.7 Å². The van der Waals surface area contributed by atoms with Gasteiger partial charge in [-0.3, -0.25) is 14.6 Å². The molecule has 6 heterocycles. The molecule has 2 aromatic heterocycles. The van der Waals surface area contributed by atoms with Crippen molar-refractivity contribution in [3.8, 4) is 11.4 Å². The zero-order valence-corrected chi connectivity index (χ0v) is 35.7. The molecule has 17 nitrogen and oxygen atoms in total. The molecule has 1 unspecified atom stereocenters. The maximum Gasteiger partial charge on any atom is 0.431 e. The van der Waals surface area contributed by atoms with Gasteiger partial charge >= 0.3 is 12.1 Å². The first-order valence-electron chi connectivity index (χ1n) is 20.5. The summed E-state index contributed by atoms with van der Waals surface area (Å²) in [4.78, 5) is 52.8. The van der Waals surface area contributed by atoms with Gasteiger partial charge < -0.3 is 38.2 Å². The average molecular weight is 812 g/mol. The number of ketones is 1. The van der Waals surface area contributed by atoms with Gasteiger partial charge in [0.2, 0.25) is 11.7 Å². The lowest BCUT2D eigenvalue weighted by Crippen LogP contribution is -2.63. The zero-order valence-electron chi connectivity index (χ0n) is 35.7. The number of Topliss-reactive ketones (excluding diaryl/α,β-unsaturated/α-hetero) is 1. The summed E-state index contributed by atoms with van der Waals surface area (Å²) in [6, 6.07) is 2.72. The number of carbonyl (C=O) groups is 3. The highest BCUT2D eigenvalue weighted by molar-refractivity contribution is 6.00. The second-order valence-corrected chi connectivity index (χ2v) is 17.1. The van der Waals surface area contributed by atoms with Crippen LogP contribution in [-0.2, 0) is 39.7 Å². The molecule has 13 atom stereocenters. The molecule has 1 N–H and O–H groups in total. The molecule has 320 valence electrons. The highest BCUT2D eigenvalue weighted by Gasteiger charge is 2.63. The summed E-state index contributed by atoms with van der Waals surface area (Å²) >= 11 is 0. The van der Waals surface area contributed by atoms with Crippen LogP contribution < -0.4 is 0 Å². The molecule has 2 bridgehead atoms. The van der Waals surface area contributed by atoms with Gasteiger partial charge in [-0.1, -0.05) is 32.9 Å². The van der Waals surface area contributed by atoms with Crippen molar-refractivity contribution in [1.82, 2.24) is 30.2 Å².